The van der Waals surface area contributed by atoms with Crippen LogP contribution in [0.4, 0.5) is 5.13 Å². The summed E-state index contributed by atoms with van der Waals surface area (Å²) in [7, 11) is 1.24. The van der Waals surface area contributed by atoms with Crippen LogP contribution in [0.2, 0.25) is 4.34 Å². The van der Waals surface area contributed by atoms with Crippen LogP contribution >= 0.6 is 34.7 Å². The Morgan fingerprint density at radius 3 is 2.97 bits per heavy atom. The van der Waals surface area contributed by atoms with Crippen molar-refractivity contribution in [2.24, 2.45) is 5.16 Å². The normalized spacial score (nSPS) is 19.8. The van der Waals surface area contributed by atoms with Crippen LogP contribution in [0.15, 0.2) is 47.0 Å². The van der Waals surface area contributed by atoms with Crippen LogP contribution in [0.5, 0.6) is 0 Å². The van der Waals surface area contributed by atoms with Gasteiger partial charge in [0.2, 0.25) is 5.52 Å². The lowest BCUT2D eigenvalue weighted by molar-refractivity contribution is -0.576. The predicted molar refractivity (Wildman–Crippen MR) is 130 cm³/mol. The molecule has 1 saturated heterocycles. The topological polar surface area (TPSA) is 170 Å². The molecule has 36 heavy (non-hydrogen) atoms. The first-order chi connectivity index (χ1) is 17.3. The van der Waals surface area contributed by atoms with Crippen LogP contribution in [-0.4, -0.2) is 62.8 Å². The number of hydrogen-bond donors (Lipinski definition) is 3. The molecule has 0 saturated carbocycles. The van der Waals surface area contributed by atoms with Crippen LogP contribution < -0.4 is 20.7 Å². The van der Waals surface area contributed by atoms with E-state index in [0.717, 1.165) is 27.3 Å². The zero-order valence-corrected chi connectivity index (χ0v) is 20.9. The molecule has 4 N–H and O–H groups in total. The summed E-state index contributed by atoms with van der Waals surface area (Å²) in [4.78, 5) is 48.0. The van der Waals surface area contributed by atoms with Gasteiger partial charge in [0, 0.05) is 24.3 Å². The van der Waals surface area contributed by atoms with Crippen molar-refractivity contribution in [3.63, 3.8) is 0 Å². The summed E-state index contributed by atoms with van der Waals surface area (Å²) in [5, 5.41) is 21.0. The molecule has 2 aliphatic rings. The van der Waals surface area contributed by atoms with Gasteiger partial charge in [0.15, 0.2) is 17.0 Å². The van der Waals surface area contributed by atoms with Crippen molar-refractivity contribution in [2.75, 3.05) is 18.6 Å². The van der Waals surface area contributed by atoms with E-state index in [4.69, 9.17) is 22.2 Å². The molecular weight excluding hydrogens is 530 g/mol. The van der Waals surface area contributed by atoms with Crippen LogP contribution in [-0.2, 0) is 25.6 Å². The fourth-order valence-electron chi connectivity index (χ4n) is 4.17. The zero-order chi connectivity index (χ0) is 25.6. The number of rotatable bonds is 7. The summed E-state index contributed by atoms with van der Waals surface area (Å²) in [6.07, 6.45) is 3.95. The fraction of sp³-hybridized carbons (Fsp3) is 0.238. The highest BCUT2D eigenvalue weighted by molar-refractivity contribution is 8.00. The SMILES string of the molecule is CO/N=C(\C(=O)N[C@@H]1C(=O)N2C(C(=O)[O-])=C(Cc3c[nH][n+]4ccccc34)CS[C@H]12)c1nc(N)sc1Cl. The van der Waals surface area contributed by atoms with Crippen molar-refractivity contribution in [1.29, 1.82) is 0 Å². The van der Waals surface area contributed by atoms with Gasteiger partial charge < -0.3 is 25.8 Å². The molecule has 15 heteroatoms. The Bertz CT molecular complexity index is 1470. The Labute approximate surface area is 216 Å². The van der Waals surface area contributed by atoms with E-state index in [1.807, 2.05) is 28.9 Å². The minimum absolute atomic E-state index is 0.0210. The molecule has 0 spiro atoms. The number of thiazole rings is 1. The van der Waals surface area contributed by atoms with E-state index in [1.165, 1.54) is 18.9 Å². The summed E-state index contributed by atoms with van der Waals surface area (Å²) in [6.45, 7) is 0. The van der Waals surface area contributed by atoms with E-state index in [2.05, 4.69) is 20.6 Å². The highest BCUT2D eigenvalue weighted by atomic mass is 35.5. The van der Waals surface area contributed by atoms with Gasteiger partial charge >= 0.3 is 0 Å². The lowest BCUT2D eigenvalue weighted by Crippen LogP contribution is -2.71. The Hall–Kier alpha value is -3.62. The maximum absolute atomic E-state index is 13.0. The predicted octanol–water partition coefficient (Wildman–Crippen LogP) is -0.557. The Balaban J connectivity index is 1.38. The molecule has 12 nitrogen and oxygen atoms in total. The van der Waals surface area contributed by atoms with Crippen molar-refractivity contribution in [3.05, 3.63) is 57.5 Å². The van der Waals surface area contributed by atoms with E-state index in [9.17, 15) is 19.5 Å². The number of H-pyrrole nitrogens is 1. The Kier molecular flexibility index (Phi) is 6.32. The molecule has 2 amide bonds. The van der Waals surface area contributed by atoms with Crippen LogP contribution in [0, 0.1) is 0 Å². The number of anilines is 1. The molecular formula is C21H18ClN7O5S2. The van der Waals surface area contributed by atoms with Gasteiger partial charge in [-0.3, -0.25) is 14.5 Å². The van der Waals surface area contributed by atoms with Crippen LogP contribution in [0.1, 0.15) is 11.3 Å². The largest absolute Gasteiger partial charge is 0.543 e. The Morgan fingerprint density at radius 1 is 1.47 bits per heavy atom. The molecule has 2 aliphatic heterocycles. The van der Waals surface area contributed by atoms with Gasteiger partial charge in [-0.25, -0.2) is 4.98 Å². The summed E-state index contributed by atoms with van der Waals surface area (Å²) >= 11 is 8.41. The number of aliphatic carboxylic acids is 1. The van der Waals surface area contributed by atoms with Gasteiger partial charge in [-0.2, -0.15) is 5.10 Å². The van der Waals surface area contributed by atoms with E-state index in [-0.39, 0.29) is 26.6 Å². The van der Waals surface area contributed by atoms with Gasteiger partial charge in [0.05, 0.1) is 23.4 Å². The molecule has 0 aliphatic carbocycles. The maximum atomic E-state index is 13.0. The van der Waals surface area contributed by atoms with Crippen molar-refractivity contribution in [2.45, 2.75) is 17.8 Å². The highest BCUT2D eigenvalue weighted by Gasteiger charge is 2.53. The third kappa shape index (κ3) is 4.06. The van der Waals surface area contributed by atoms with Gasteiger partial charge in [-0.05, 0) is 11.6 Å². The number of oxime groups is 1. The number of β-lactam (4-membered cyclic amide) rings is 1. The lowest BCUT2D eigenvalue weighted by Gasteiger charge is -2.50. The number of carboxylic acids is 1. The van der Waals surface area contributed by atoms with Crippen LogP contribution in [0.25, 0.3) is 5.52 Å². The molecule has 2 atom stereocenters. The number of hydrogen-bond acceptors (Lipinski definition) is 10. The molecule has 3 aromatic heterocycles. The number of carbonyl (C=O) groups is 3. The van der Waals surface area contributed by atoms with Crippen molar-refractivity contribution in [1.82, 2.24) is 20.3 Å². The third-order valence-corrected chi connectivity index (χ3v) is 8.15. The molecule has 5 rings (SSSR count). The Morgan fingerprint density at radius 2 is 2.28 bits per heavy atom. The van der Waals surface area contributed by atoms with E-state index >= 15 is 0 Å². The monoisotopic (exact) mass is 547 g/mol. The highest BCUT2D eigenvalue weighted by Crippen LogP contribution is 2.41. The summed E-state index contributed by atoms with van der Waals surface area (Å²) < 4.78 is 1.95. The minimum Gasteiger partial charge on any atom is -0.543 e. The number of amides is 2. The number of thioether (sulfide) groups is 1. The number of carboxylic acid groups (broad SMARTS) is 1. The smallest absolute Gasteiger partial charge is 0.276 e. The molecule has 0 bridgehead atoms. The number of nitrogens with zero attached hydrogens (tertiary/aromatic N) is 4. The number of halogens is 1. The number of pyridine rings is 1. The van der Waals surface area contributed by atoms with Crippen molar-refractivity contribution < 1.29 is 28.8 Å². The van der Waals surface area contributed by atoms with E-state index < -0.39 is 29.2 Å². The van der Waals surface area contributed by atoms with Crippen molar-refractivity contribution in [3.8, 4) is 0 Å². The van der Waals surface area contributed by atoms with Gasteiger partial charge in [-0.1, -0.05) is 32.6 Å². The quantitative estimate of drug-likeness (QED) is 0.153. The zero-order valence-electron chi connectivity index (χ0n) is 18.6. The molecule has 0 radical (unpaired) electrons. The molecule has 186 valence electrons. The number of carbonyl (C=O) groups excluding carboxylic acids is 3. The summed E-state index contributed by atoms with van der Waals surface area (Å²) in [6, 6.07) is 4.67. The molecule has 0 aromatic carbocycles. The number of aromatic nitrogens is 3. The third-order valence-electron chi connectivity index (χ3n) is 5.72. The van der Waals surface area contributed by atoms with Crippen molar-refractivity contribution >= 4 is 68.8 Å². The average Bonchev–Trinajstić information content (AvgIpc) is 3.42. The number of nitrogen functional groups attached to an aromatic ring is 1. The average molecular weight is 548 g/mol. The summed E-state index contributed by atoms with van der Waals surface area (Å²) in [5.41, 5.74) is 7.56. The lowest BCUT2D eigenvalue weighted by atomic mass is 9.99. The maximum Gasteiger partial charge on any atom is 0.276 e. The molecule has 0 unspecified atom stereocenters. The fourth-order valence-corrected chi connectivity index (χ4v) is 6.45. The number of nitrogens with two attached hydrogens (primary N) is 1. The van der Waals surface area contributed by atoms with Gasteiger partial charge in [-0.15, -0.1) is 11.8 Å². The first-order valence-corrected chi connectivity index (χ1v) is 12.7. The standard InChI is InChI=1S/C21H18ClN7O5S2/c1-34-27-13(12-16(22)36-21(23)26-12)17(30)25-14-18(31)29-15(20(32)33)10(8-35-19(14)29)6-9-7-24-28-5-3-2-4-11(9)28/h2-5,7,14,19H,6,8H2,1H3,(H4,23,25,26,30,32,33)/b27-13-/t14-,19-/m1/s1. The number of nitrogens with one attached hydrogen (secondary N) is 2. The first kappa shape index (κ1) is 24.1. The van der Waals surface area contributed by atoms with Gasteiger partial charge in [0.25, 0.3) is 11.8 Å². The second kappa shape index (κ2) is 9.44. The molecule has 1 fully saturated rings. The van der Waals surface area contributed by atoms with Gasteiger partial charge in [0.1, 0.15) is 28.6 Å². The molecule has 5 heterocycles. The van der Waals surface area contributed by atoms with Crippen LogP contribution in [0.3, 0.4) is 0 Å². The second-order valence-electron chi connectivity index (χ2n) is 7.83. The van der Waals surface area contributed by atoms with E-state index in [1.54, 1.807) is 6.20 Å². The molecule has 3 aromatic rings. The number of aromatic amines is 1. The second-order valence-corrected chi connectivity index (χ2v) is 10.6. The van der Waals surface area contributed by atoms with E-state index in [0.29, 0.717) is 17.7 Å². The minimum atomic E-state index is -1.45. The number of fused-ring (bicyclic) bond motifs is 2. The first-order valence-electron chi connectivity index (χ1n) is 10.5. The summed E-state index contributed by atoms with van der Waals surface area (Å²) in [5.74, 6) is -2.45.